The Morgan fingerprint density at radius 1 is 1.09 bits per heavy atom. The van der Waals surface area contributed by atoms with Crippen LogP contribution in [0.25, 0.3) is 0 Å². The smallest absolute Gasteiger partial charge is 0.342 e. The Labute approximate surface area is 253 Å². The lowest BCUT2D eigenvalue weighted by Gasteiger charge is -2.34. The van der Waals surface area contributed by atoms with E-state index in [1.165, 1.54) is 0 Å². The van der Waals surface area contributed by atoms with Crippen LogP contribution in [0, 0.1) is 24.2 Å². The second kappa shape index (κ2) is 17.8. The number of H-pyrrole nitrogens is 1. The van der Waals surface area contributed by atoms with Crippen LogP contribution >= 0.6 is 0 Å². The van der Waals surface area contributed by atoms with Crippen molar-refractivity contribution in [1.29, 1.82) is 5.26 Å². The van der Waals surface area contributed by atoms with Crippen molar-refractivity contribution in [2.75, 3.05) is 26.2 Å². The molecule has 0 aromatic carbocycles. The Morgan fingerprint density at radius 2 is 1.81 bits per heavy atom. The van der Waals surface area contributed by atoms with Crippen LogP contribution in [0.1, 0.15) is 113 Å². The predicted molar refractivity (Wildman–Crippen MR) is 161 cm³/mol. The first kappa shape index (κ1) is 35.9. The Morgan fingerprint density at radius 3 is 2.37 bits per heavy atom. The first-order chi connectivity index (χ1) is 20.5. The number of hydrogen-bond acceptors (Lipinski definition) is 6. The molecule has 8 nitrogen and oxygen atoms in total. The maximum Gasteiger partial charge on any atom is 0.422 e. The Kier molecular flexibility index (Phi) is 14.8. The summed E-state index contributed by atoms with van der Waals surface area (Å²) in [4.78, 5) is 33.5. The molecule has 1 amide bonds. The minimum atomic E-state index is -4.72. The monoisotopic (exact) mass is 604 g/mol. The zero-order chi connectivity index (χ0) is 32.0. The summed E-state index contributed by atoms with van der Waals surface area (Å²) in [7, 11) is 0. The van der Waals surface area contributed by atoms with Crippen LogP contribution in [-0.4, -0.2) is 57.1 Å². The molecule has 2 atom stereocenters. The van der Waals surface area contributed by atoms with Gasteiger partial charge in [0.05, 0.1) is 23.2 Å². The van der Waals surface area contributed by atoms with Gasteiger partial charge in [0.25, 0.3) is 5.56 Å². The van der Waals surface area contributed by atoms with Gasteiger partial charge in [-0.05, 0) is 69.7 Å². The van der Waals surface area contributed by atoms with E-state index in [9.17, 15) is 22.8 Å². The maximum atomic E-state index is 13.6. The number of alkyl halides is 3. The van der Waals surface area contributed by atoms with Crippen LogP contribution in [0.5, 0.6) is 0 Å². The number of halogens is 3. The van der Waals surface area contributed by atoms with Gasteiger partial charge in [0.15, 0.2) is 0 Å². The largest absolute Gasteiger partial charge is 0.422 e. The summed E-state index contributed by atoms with van der Waals surface area (Å²) in [5.41, 5.74) is -0.447. The predicted octanol–water partition coefficient (Wildman–Crippen LogP) is 6.59. The van der Waals surface area contributed by atoms with Crippen molar-refractivity contribution < 1.29 is 18.0 Å². The van der Waals surface area contributed by atoms with Gasteiger partial charge in [-0.1, -0.05) is 47.0 Å². The summed E-state index contributed by atoms with van der Waals surface area (Å²) in [5, 5.41) is 14.5. The van der Waals surface area contributed by atoms with E-state index in [1.807, 2.05) is 30.9 Å². The number of rotatable bonds is 14. The SMILES string of the molecule is CCCCCN(CCC)C(=O)C(CCC)CN(CCC)C1CCc2c1n[nH]c(=O)c2C(F)(F)F.Cc1ccc(C#N)cn1. The first-order valence-electron chi connectivity index (χ1n) is 15.6. The lowest BCUT2D eigenvalue weighted by molar-refractivity contribution is -0.139. The third-order valence-electron chi connectivity index (χ3n) is 7.65. The number of aromatic amines is 1. The molecule has 0 aliphatic heterocycles. The minimum Gasteiger partial charge on any atom is -0.342 e. The Balaban J connectivity index is 0.000000609. The van der Waals surface area contributed by atoms with E-state index in [0.717, 1.165) is 63.7 Å². The number of unbranched alkanes of at least 4 members (excludes halogenated alkanes) is 2. The summed E-state index contributed by atoms with van der Waals surface area (Å²) in [6, 6.07) is 5.23. The summed E-state index contributed by atoms with van der Waals surface area (Å²) >= 11 is 0. The number of carbonyl (C=O) groups is 1. The molecule has 11 heteroatoms. The molecule has 1 N–H and O–H groups in total. The molecule has 1 aliphatic carbocycles. The molecule has 2 aromatic heterocycles. The third kappa shape index (κ3) is 10.4. The zero-order valence-corrected chi connectivity index (χ0v) is 26.3. The van der Waals surface area contributed by atoms with Crippen molar-refractivity contribution in [3.8, 4) is 6.07 Å². The molecular weight excluding hydrogens is 557 g/mol. The summed E-state index contributed by atoms with van der Waals surface area (Å²) in [5.74, 6) is -0.0665. The van der Waals surface area contributed by atoms with Crippen LogP contribution in [0.2, 0.25) is 0 Å². The Bertz CT molecular complexity index is 1240. The molecule has 0 bridgehead atoms. The lowest BCUT2D eigenvalue weighted by Crippen LogP contribution is -2.43. The number of fused-ring (bicyclic) bond motifs is 1. The van der Waals surface area contributed by atoms with Gasteiger partial charge in [0, 0.05) is 31.5 Å². The number of hydrogen-bond donors (Lipinski definition) is 1. The quantitative estimate of drug-likeness (QED) is 0.244. The van der Waals surface area contributed by atoms with Crippen LogP contribution in [0.15, 0.2) is 23.1 Å². The van der Waals surface area contributed by atoms with Crippen LogP contribution in [-0.2, 0) is 17.4 Å². The van der Waals surface area contributed by atoms with Gasteiger partial charge >= 0.3 is 6.18 Å². The van der Waals surface area contributed by atoms with Gasteiger partial charge in [-0.2, -0.15) is 23.5 Å². The summed E-state index contributed by atoms with van der Waals surface area (Å²) in [6.07, 6.45) is 3.92. The highest BCUT2D eigenvalue weighted by Gasteiger charge is 2.42. The van der Waals surface area contributed by atoms with Crippen LogP contribution < -0.4 is 5.56 Å². The third-order valence-corrected chi connectivity index (χ3v) is 7.65. The number of nitrogens with one attached hydrogen (secondary N) is 1. The molecule has 0 spiro atoms. The lowest BCUT2D eigenvalue weighted by atomic mass is 9.99. The average molecular weight is 605 g/mol. The number of aryl methyl sites for hydroxylation is 1. The molecule has 2 heterocycles. The highest BCUT2D eigenvalue weighted by Crippen LogP contribution is 2.40. The van der Waals surface area contributed by atoms with Crippen molar-refractivity contribution in [3.63, 3.8) is 0 Å². The molecule has 2 aromatic rings. The number of amides is 1. The molecule has 0 saturated heterocycles. The van der Waals surface area contributed by atoms with E-state index in [2.05, 4.69) is 40.9 Å². The van der Waals surface area contributed by atoms with E-state index >= 15 is 0 Å². The highest BCUT2D eigenvalue weighted by molar-refractivity contribution is 5.79. The first-order valence-corrected chi connectivity index (χ1v) is 15.6. The van der Waals surface area contributed by atoms with Crippen LogP contribution in [0.4, 0.5) is 13.2 Å². The summed E-state index contributed by atoms with van der Waals surface area (Å²) < 4.78 is 40.7. The number of aromatic nitrogens is 3. The fourth-order valence-electron chi connectivity index (χ4n) is 5.63. The standard InChI is InChI=1S/C25H41F3N4O2.C7H6N2/c1-5-9-10-16-31(14-7-3)24(34)18(11-6-2)17-32(15-8-4)20-13-12-19-21(25(26,27)28)23(33)30-29-22(19)20;1-6-2-3-7(4-8)5-9-6/h18,20H,5-17H2,1-4H3,(H,30,33);2-3,5H,1H3. The fourth-order valence-corrected chi connectivity index (χ4v) is 5.63. The molecule has 238 valence electrons. The Hall–Kier alpha value is -3.26. The molecule has 1 aliphatic rings. The maximum absolute atomic E-state index is 13.6. The van der Waals surface area contributed by atoms with Crippen molar-refractivity contribution in [2.24, 2.45) is 5.92 Å². The molecule has 0 radical (unpaired) electrons. The second-order valence-corrected chi connectivity index (χ2v) is 11.2. The van der Waals surface area contributed by atoms with Gasteiger partial charge in [-0.25, -0.2) is 5.10 Å². The van der Waals surface area contributed by atoms with Gasteiger partial charge in [-0.15, -0.1) is 0 Å². The van der Waals surface area contributed by atoms with E-state index < -0.39 is 17.3 Å². The van der Waals surface area contributed by atoms with E-state index in [-0.39, 0.29) is 29.9 Å². The number of nitriles is 1. The van der Waals surface area contributed by atoms with Crippen molar-refractivity contribution in [3.05, 3.63) is 56.8 Å². The van der Waals surface area contributed by atoms with Gasteiger partial charge < -0.3 is 4.90 Å². The van der Waals surface area contributed by atoms with E-state index in [0.29, 0.717) is 30.8 Å². The molecule has 0 fully saturated rings. The van der Waals surface area contributed by atoms with Crippen molar-refractivity contribution in [2.45, 2.75) is 105 Å². The fraction of sp³-hybridized carbons (Fsp3) is 0.656. The number of carbonyl (C=O) groups excluding carboxylic acids is 1. The number of nitrogens with zero attached hydrogens (tertiary/aromatic N) is 5. The van der Waals surface area contributed by atoms with Crippen molar-refractivity contribution >= 4 is 5.91 Å². The highest BCUT2D eigenvalue weighted by atomic mass is 19.4. The zero-order valence-electron chi connectivity index (χ0n) is 26.3. The molecule has 3 rings (SSSR count). The summed E-state index contributed by atoms with van der Waals surface area (Å²) in [6.45, 7) is 12.8. The van der Waals surface area contributed by atoms with Crippen LogP contribution in [0.3, 0.4) is 0 Å². The minimum absolute atomic E-state index is 0.00731. The molecular formula is C32H47F3N6O2. The number of pyridine rings is 1. The average Bonchev–Trinajstić information content (AvgIpc) is 3.39. The topological polar surface area (TPSA) is 106 Å². The van der Waals surface area contributed by atoms with E-state index in [4.69, 9.17) is 5.26 Å². The molecule has 43 heavy (non-hydrogen) atoms. The second-order valence-electron chi connectivity index (χ2n) is 11.2. The van der Waals surface area contributed by atoms with Gasteiger partial charge in [0.2, 0.25) is 5.91 Å². The van der Waals surface area contributed by atoms with Crippen molar-refractivity contribution in [1.82, 2.24) is 25.0 Å². The van der Waals surface area contributed by atoms with E-state index in [1.54, 1.807) is 12.3 Å². The van der Waals surface area contributed by atoms with Gasteiger partial charge in [0.1, 0.15) is 11.6 Å². The molecule has 0 saturated carbocycles. The molecule has 2 unspecified atom stereocenters. The normalized spacial score (nSPS) is 14.9. The van der Waals surface area contributed by atoms with Gasteiger partial charge in [-0.3, -0.25) is 19.5 Å².